The first-order valence-electron chi connectivity index (χ1n) is 9.61. The summed E-state index contributed by atoms with van der Waals surface area (Å²) in [6.45, 7) is 4.13. The Morgan fingerprint density at radius 1 is 1.11 bits per heavy atom. The minimum Gasteiger partial charge on any atom is -0.381 e. The van der Waals surface area contributed by atoms with Gasteiger partial charge in [0.1, 0.15) is 5.78 Å². The maximum absolute atomic E-state index is 12.4. The van der Waals surface area contributed by atoms with Crippen LogP contribution in [0.2, 0.25) is 0 Å². The van der Waals surface area contributed by atoms with Gasteiger partial charge in [0.2, 0.25) is 0 Å². The van der Waals surface area contributed by atoms with Crippen LogP contribution in [-0.4, -0.2) is 24.0 Å². The molecule has 0 spiro atoms. The van der Waals surface area contributed by atoms with Crippen molar-refractivity contribution in [3.8, 4) is 11.1 Å². The van der Waals surface area contributed by atoms with E-state index in [-0.39, 0.29) is 11.9 Å². The second kappa shape index (κ2) is 8.92. The van der Waals surface area contributed by atoms with Gasteiger partial charge in [0.25, 0.3) is 0 Å². The van der Waals surface area contributed by atoms with Crippen LogP contribution in [0, 0.1) is 6.92 Å². The molecule has 3 rings (SSSR count). The molecule has 0 aliphatic rings. The molecule has 0 aliphatic carbocycles. The van der Waals surface area contributed by atoms with Crippen molar-refractivity contribution in [2.24, 2.45) is 0 Å². The normalized spacial score (nSPS) is 12.3. The fourth-order valence-electron chi connectivity index (χ4n) is 3.47. The molecule has 140 valence electrons. The molecule has 0 saturated carbocycles. The zero-order valence-corrected chi connectivity index (χ0v) is 16.4. The second-order valence-corrected chi connectivity index (χ2v) is 7.03. The predicted molar refractivity (Wildman–Crippen MR) is 111 cm³/mol. The van der Waals surface area contributed by atoms with Gasteiger partial charge in [-0.25, -0.2) is 0 Å². The maximum atomic E-state index is 12.4. The van der Waals surface area contributed by atoms with Gasteiger partial charge >= 0.3 is 0 Å². The number of aryl methyl sites for hydroxylation is 1. The molecule has 1 heterocycles. The third-order valence-electron chi connectivity index (χ3n) is 5.09. The van der Waals surface area contributed by atoms with E-state index in [4.69, 9.17) is 9.72 Å². The van der Waals surface area contributed by atoms with Crippen LogP contribution in [0.4, 0.5) is 0 Å². The number of nitrogens with zero attached hydrogens (tertiary/aromatic N) is 1. The lowest BCUT2D eigenvalue weighted by atomic mass is 9.99. The van der Waals surface area contributed by atoms with Gasteiger partial charge in [-0.15, -0.1) is 0 Å². The van der Waals surface area contributed by atoms with E-state index in [0.29, 0.717) is 12.8 Å². The molecule has 0 N–H and O–H groups in total. The molecule has 0 saturated heterocycles. The lowest BCUT2D eigenvalue weighted by molar-refractivity contribution is -0.119. The van der Waals surface area contributed by atoms with Crippen LogP contribution >= 0.6 is 0 Å². The third kappa shape index (κ3) is 4.81. The van der Waals surface area contributed by atoms with Gasteiger partial charge in [-0.05, 0) is 49.1 Å². The van der Waals surface area contributed by atoms with Gasteiger partial charge in [-0.2, -0.15) is 0 Å². The van der Waals surface area contributed by atoms with Crippen molar-refractivity contribution in [2.45, 2.75) is 45.6 Å². The maximum Gasteiger partial charge on any atom is 0.137 e. The van der Waals surface area contributed by atoms with E-state index in [0.717, 1.165) is 46.1 Å². The molecular formula is C24H27NO2. The van der Waals surface area contributed by atoms with Crippen molar-refractivity contribution >= 4 is 16.7 Å². The first-order valence-corrected chi connectivity index (χ1v) is 9.61. The molecule has 1 atom stereocenters. The molecule has 3 heteroatoms. The largest absolute Gasteiger partial charge is 0.381 e. The first-order chi connectivity index (χ1) is 13.1. The van der Waals surface area contributed by atoms with Crippen molar-refractivity contribution < 1.29 is 9.53 Å². The number of hydrogen-bond acceptors (Lipinski definition) is 3. The Morgan fingerprint density at radius 2 is 1.89 bits per heavy atom. The van der Waals surface area contributed by atoms with Gasteiger partial charge in [0, 0.05) is 36.6 Å². The molecule has 1 aromatic heterocycles. The molecule has 27 heavy (non-hydrogen) atoms. The Balaban J connectivity index is 1.80. The molecule has 0 amide bonds. The number of carbonyl (C=O) groups is 1. The Kier molecular flexibility index (Phi) is 6.36. The SMILES string of the molecule is CCC(CCC(=O)Cc1ccc2nc(C)c(-c3ccccc3)cc2c1)OC. The Labute approximate surface area is 161 Å². The van der Waals surface area contributed by atoms with Gasteiger partial charge in [0.05, 0.1) is 11.6 Å². The molecule has 0 radical (unpaired) electrons. The van der Waals surface area contributed by atoms with E-state index in [1.807, 2.05) is 37.3 Å². The quantitative estimate of drug-likeness (QED) is 0.530. The van der Waals surface area contributed by atoms with Crippen LogP contribution in [-0.2, 0) is 16.0 Å². The second-order valence-electron chi connectivity index (χ2n) is 7.03. The fourth-order valence-corrected chi connectivity index (χ4v) is 3.47. The molecule has 3 nitrogen and oxygen atoms in total. The lowest BCUT2D eigenvalue weighted by Crippen LogP contribution is -2.12. The zero-order valence-electron chi connectivity index (χ0n) is 16.4. The molecule has 2 aromatic carbocycles. The van der Waals surface area contributed by atoms with Crippen molar-refractivity contribution in [2.75, 3.05) is 7.11 Å². The van der Waals surface area contributed by atoms with E-state index >= 15 is 0 Å². The van der Waals surface area contributed by atoms with Crippen molar-refractivity contribution in [3.05, 3.63) is 65.9 Å². The number of rotatable bonds is 8. The van der Waals surface area contributed by atoms with Crippen LogP contribution in [0.15, 0.2) is 54.6 Å². The number of pyridine rings is 1. The van der Waals surface area contributed by atoms with Crippen molar-refractivity contribution in [1.29, 1.82) is 0 Å². The van der Waals surface area contributed by atoms with Crippen molar-refractivity contribution in [3.63, 3.8) is 0 Å². The van der Waals surface area contributed by atoms with Crippen LogP contribution in [0.1, 0.15) is 37.4 Å². The van der Waals surface area contributed by atoms with E-state index < -0.39 is 0 Å². The highest BCUT2D eigenvalue weighted by Crippen LogP contribution is 2.27. The van der Waals surface area contributed by atoms with E-state index in [1.54, 1.807) is 7.11 Å². The van der Waals surface area contributed by atoms with Gasteiger partial charge in [-0.1, -0.05) is 43.3 Å². The number of hydrogen-bond donors (Lipinski definition) is 0. The molecule has 0 bridgehead atoms. The number of carbonyl (C=O) groups excluding carboxylic acids is 1. The van der Waals surface area contributed by atoms with Crippen LogP contribution < -0.4 is 0 Å². The summed E-state index contributed by atoms with van der Waals surface area (Å²) < 4.78 is 5.36. The number of benzene rings is 2. The number of Topliss-reactive ketones (excluding diaryl/α,β-unsaturated/α-hetero) is 1. The molecule has 1 unspecified atom stereocenters. The smallest absolute Gasteiger partial charge is 0.137 e. The average Bonchev–Trinajstić information content (AvgIpc) is 2.69. The number of fused-ring (bicyclic) bond motifs is 1. The number of ketones is 1. The van der Waals surface area contributed by atoms with Gasteiger partial charge in [0.15, 0.2) is 0 Å². The summed E-state index contributed by atoms with van der Waals surface area (Å²) in [7, 11) is 1.71. The average molecular weight is 361 g/mol. The standard InChI is InChI=1S/C24H27NO2/c1-4-22(27-3)12-11-21(26)15-18-10-13-24-20(14-18)16-23(17(2)25-24)19-8-6-5-7-9-19/h5-10,13-14,16,22H,4,11-12,15H2,1-3H3. The summed E-state index contributed by atoms with van der Waals surface area (Å²) >= 11 is 0. The monoisotopic (exact) mass is 361 g/mol. The molecule has 0 aliphatic heterocycles. The first kappa shape index (κ1) is 19.2. The summed E-state index contributed by atoms with van der Waals surface area (Å²) in [6, 6.07) is 18.6. The minimum absolute atomic E-state index is 0.172. The van der Waals surface area contributed by atoms with E-state index in [1.165, 1.54) is 0 Å². The van der Waals surface area contributed by atoms with Crippen molar-refractivity contribution in [1.82, 2.24) is 4.98 Å². The highest BCUT2D eigenvalue weighted by molar-refractivity contribution is 5.87. The van der Waals surface area contributed by atoms with Crippen LogP contribution in [0.3, 0.4) is 0 Å². The lowest BCUT2D eigenvalue weighted by Gasteiger charge is -2.12. The Bertz CT molecular complexity index is 914. The van der Waals surface area contributed by atoms with E-state index in [2.05, 4.69) is 31.2 Å². The predicted octanol–water partition coefficient (Wildman–Crippen LogP) is 5.53. The fraction of sp³-hybridized carbons (Fsp3) is 0.333. The Morgan fingerprint density at radius 3 is 2.59 bits per heavy atom. The molecule has 0 fully saturated rings. The number of methoxy groups -OCH3 is 1. The topological polar surface area (TPSA) is 39.2 Å². The molecular weight excluding hydrogens is 334 g/mol. The highest BCUT2D eigenvalue weighted by atomic mass is 16.5. The van der Waals surface area contributed by atoms with Gasteiger partial charge in [-0.3, -0.25) is 9.78 Å². The highest BCUT2D eigenvalue weighted by Gasteiger charge is 2.11. The summed E-state index contributed by atoms with van der Waals surface area (Å²) in [4.78, 5) is 17.1. The summed E-state index contributed by atoms with van der Waals surface area (Å²) in [5.74, 6) is 0.258. The molecule has 3 aromatic rings. The van der Waals surface area contributed by atoms with Crippen LogP contribution in [0.25, 0.3) is 22.0 Å². The third-order valence-corrected chi connectivity index (χ3v) is 5.09. The number of aromatic nitrogens is 1. The minimum atomic E-state index is 0.172. The summed E-state index contributed by atoms with van der Waals surface area (Å²) in [6.07, 6.45) is 2.92. The summed E-state index contributed by atoms with van der Waals surface area (Å²) in [5, 5.41) is 1.08. The zero-order chi connectivity index (χ0) is 19.2. The van der Waals surface area contributed by atoms with E-state index in [9.17, 15) is 4.79 Å². The summed E-state index contributed by atoms with van der Waals surface area (Å²) in [5.41, 5.74) is 5.33. The van der Waals surface area contributed by atoms with Gasteiger partial charge < -0.3 is 4.74 Å². The van der Waals surface area contributed by atoms with Crippen LogP contribution in [0.5, 0.6) is 0 Å². The Hall–Kier alpha value is -2.52. The number of ether oxygens (including phenoxy) is 1.